The van der Waals surface area contributed by atoms with E-state index in [-0.39, 0.29) is 5.02 Å². The van der Waals surface area contributed by atoms with E-state index < -0.39 is 5.82 Å². The minimum Gasteiger partial charge on any atom is -0.373 e. The maximum atomic E-state index is 13.4. The first kappa shape index (κ1) is 13.5. The van der Waals surface area contributed by atoms with E-state index in [0.717, 1.165) is 11.4 Å². The van der Waals surface area contributed by atoms with E-state index in [0.29, 0.717) is 17.3 Å². The van der Waals surface area contributed by atoms with Crippen LogP contribution in [-0.2, 0) is 0 Å². The van der Waals surface area contributed by atoms with Crippen LogP contribution in [0.2, 0.25) is 5.02 Å². The van der Waals surface area contributed by atoms with Gasteiger partial charge >= 0.3 is 0 Å². The number of aromatic nitrogens is 2. The van der Waals surface area contributed by atoms with Crippen LogP contribution in [0.5, 0.6) is 0 Å². The molecule has 0 amide bonds. The van der Waals surface area contributed by atoms with E-state index >= 15 is 0 Å². The van der Waals surface area contributed by atoms with Gasteiger partial charge in [0.15, 0.2) is 0 Å². The van der Waals surface area contributed by atoms with E-state index in [1.54, 1.807) is 20.0 Å². The Bertz CT molecular complexity index is 616. The molecule has 4 nitrogen and oxygen atoms in total. The van der Waals surface area contributed by atoms with Crippen molar-refractivity contribution in [2.24, 2.45) is 0 Å². The van der Waals surface area contributed by atoms with Gasteiger partial charge in [-0.1, -0.05) is 11.6 Å². The van der Waals surface area contributed by atoms with Gasteiger partial charge in [0.2, 0.25) is 0 Å². The SMILES string of the molecule is CNc1nc(C)nc(Nc2ccc(Cl)c(F)c2)c1C. The molecule has 0 spiro atoms. The van der Waals surface area contributed by atoms with E-state index in [2.05, 4.69) is 20.6 Å². The van der Waals surface area contributed by atoms with Crippen LogP contribution in [0.4, 0.5) is 21.7 Å². The van der Waals surface area contributed by atoms with Crippen LogP contribution < -0.4 is 10.6 Å². The van der Waals surface area contributed by atoms with Gasteiger partial charge in [0.25, 0.3) is 0 Å². The van der Waals surface area contributed by atoms with E-state index in [1.807, 2.05) is 6.92 Å². The van der Waals surface area contributed by atoms with Crippen LogP contribution in [0.15, 0.2) is 18.2 Å². The van der Waals surface area contributed by atoms with Gasteiger partial charge in [-0.05, 0) is 32.0 Å². The molecule has 0 atom stereocenters. The predicted molar refractivity (Wildman–Crippen MR) is 75.7 cm³/mol. The molecular formula is C13H14ClFN4. The summed E-state index contributed by atoms with van der Waals surface area (Å²) in [7, 11) is 1.79. The molecule has 0 aliphatic heterocycles. The van der Waals surface area contributed by atoms with E-state index in [1.165, 1.54) is 12.1 Å². The van der Waals surface area contributed by atoms with Crippen molar-refractivity contribution in [2.45, 2.75) is 13.8 Å². The third-order valence-electron chi connectivity index (χ3n) is 2.68. The molecule has 2 N–H and O–H groups in total. The molecule has 6 heteroatoms. The molecule has 1 heterocycles. The third kappa shape index (κ3) is 2.93. The zero-order valence-electron chi connectivity index (χ0n) is 10.9. The quantitative estimate of drug-likeness (QED) is 0.901. The smallest absolute Gasteiger partial charge is 0.143 e. The van der Waals surface area contributed by atoms with Crippen molar-refractivity contribution in [3.8, 4) is 0 Å². The first-order chi connectivity index (χ1) is 9.01. The summed E-state index contributed by atoms with van der Waals surface area (Å²) in [5, 5.41) is 6.16. The zero-order chi connectivity index (χ0) is 14.0. The first-order valence-electron chi connectivity index (χ1n) is 5.76. The fourth-order valence-electron chi connectivity index (χ4n) is 1.70. The second-order valence-electron chi connectivity index (χ2n) is 4.10. The van der Waals surface area contributed by atoms with E-state index in [4.69, 9.17) is 11.6 Å². The van der Waals surface area contributed by atoms with Crippen LogP contribution in [0.1, 0.15) is 11.4 Å². The van der Waals surface area contributed by atoms with Gasteiger partial charge in [0.05, 0.1) is 5.02 Å². The summed E-state index contributed by atoms with van der Waals surface area (Å²) >= 11 is 5.65. The average Bonchev–Trinajstić information content (AvgIpc) is 2.37. The molecule has 19 heavy (non-hydrogen) atoms. The standard InChI is InChI=1S/C13H14ClFN4/c1-7-12(16-3)17-8(2)18-13(7)19-9-4-5-10(14)11(15)6-9/h4-6H,1-3H3,(H2,16,17,18,19). The number of nitrogens with one attached hydrogen (secondary N) is 2. The van der Waals surface area contributed by atoms with Crippen LogP contribution in [0.25, 0.3) is 0 Å². The predicted octanol–water partition coefficient (Wildman–Crippen LogP) is 3.67. The fraction of sp³-hybridized carbons (Fsp3) is 0.231. The molecule has 1 aromatic carbocycles. The van der Waals surface area contributed by atoms with Crippen LogP contribution in [-0.4, -0.2) is 17.0 Å². The van der Waals surface area contributed by atoms with Crippen LogP contribution >= 0.6 is 11.6 Å². The molecule has 2 aromatic rings. The molecule has 1 aromatic heterocycles. The molecular weight excluding hydrogens is 267 g/mol. The number of hydrogen-bond acceptors (Lipinski definition) is 4. The number of anilines is 3. The van der Waals surface area contributed by atoms with Crippen molar-refractivity contribution in [3.63, 3.8) is 0 Å². The molecule has 0 saturated carbocycles. The van der Waals surface area contributed by atoms with Crippen molar-refractivity contribution in [1.29, 1.82) is 0 Å². The summed E-state index contributed by atoms with van der Waals surface area (Å²) in [6, 6.07) is 4.53. The average molecular weight is 281 g/mol. The number of nitrogens with zero attached hydrogens (tertiary/aromatic N) is 2. The minimum atomic E-state index is -0.469. The molecule has 0 aliphatic rings. The maximum Gasteiger partial charge on any atom is 0.143 e. The fourth-order valence-corrected chi connectivity index (χ4v) is 1.82. The number of benzene rings is 1. The first-order valence-corrected chi connectivity index (χ1v) is 6.14. The Kier molecular flexibility index (Phi) is 3.85. The number of halogens is 2. The summed E-state index contributed by atoms with van der Waals surface area (Å²) < 4.78 is 13.4. The van der Waals surface area contributed by atoms with Crippen molar-refractivity contribution in [2.75, 3.05) is 17.7 Å². The van der Waals surface area contributed by atoms with Gasteiger partial charge in [-0.3, -0.25) is 0 Å². The van der Waals surface area contributed by atoms with Crippen LogP contribution in [0.3, 0.4) is 0 Å². The summed E-state index contributed by atoms with van der Waals surface area (Å²) in [6.45, 7) is 3.69. The molecule has 0 radical (unpaired) electrons. The van der Waals surface area contributed by atoms with Crippen molar-refractivity contribution < 1.29 is 4.39 Å². The highest BCUT2D eigenvalue weighted by molar-refractivity contribution is 6.30. The molecule has 0 fully saturated rings. The summed E-state index contributed by atoms with van der Waals surface area (Å²) in [5.74, 6) is 1.54. The second-order valence-corrected chi connectivity index (χ2v) is 4.50. The molecule has 100 valence electrons. The van der Waals surface area contributed by atoms with Gasteiger partial charge in [-0.15, -0.1) is 0 Å². The number of rotatable bonds is 3. The minimum absolute atomic E-state index is 0.0945. The van der Waals surface area contributed by atoms with Crippen molar-refractivity contribution in [3.05, 3.63) is 40.4 Å². The highest BCUT2D eigenvalue weighted by Crippen LogP contribution is 2.25. The Labute approximate surface area is 116 Å². The lowest BCUT2D eigenvalue weighted by Gasteiger charge is -2.12. The van der Waals surface area contributed by atoms with Crippen molar-refractivity contribution >= 4 is 28.9 Å². The topological polar surface area (TPSA) is 49.8 Å². The Hall–Kier alpha value is -1.88. The Morgan fingerprint density at radius 2 is 1.84 bits per heavy atom. The third-order valence-corrected chi connectivity index (χ3v) is 2.98. The number of aryl methyl sites for hydroxylation is 1. The Balaban J connectivity index is 2.37. The lowest BCUT2D eigenvalue weighted by atomic mass is 10.2. The molecule has 0 unspecified atom stereocenters. The van der Waals surface area contributed by atoms with Gasteiger partial charge in [0, 0.05) is 18.3 Å². The Morgan fingerprint density at radius 1 is 1.16 bits per heavy atom. The normalized spacial score (nSPS) is 10.4. The monoisotopic (exact) mass is 280 g/mol. The molecule has 2 rings (SSSR count). The molecule has 0 bridgehead atoms. The van der Waals surface area contributed by atoms with Gasteiger partial charge in [-0.25, -0.2) is 14.4 Å². The molecule has 0 saturated heterocycles. The van der Waals surface area contributed by atoms with Gasteiger partial charge in [0.1, 0.15) is 23.3 Å². The lowest BCUT2D eigenvalue weighted by molar-refractivity contribution is 0.629. The largest absolute Gasteiger partial charge is 0.373 e. The zero-order valence-corrected chi connectivity index (χ0v) is 11.6. The van der Waals surface area contributed by atoms with Gasteiger partial charge < -0.3 is 10.6 Å². The number of hydrogen-bond donors (Lipinski definition) is 2. The molecule has 0 aliphatic carbocycles. The highest BCUT2D eigenvalue weighted by atomic mass is 35.5. The highest BCUT2D eigenvalue weighted by Gasteiger charge is 2.09. The van der Waals surface area contributed by atoms with E-state index in [9.17, 15) is 4.39 Å². The summed E-state index contributed by atoms with van der Waals surface area (Å²) in [6.07, 6.45) is 0. The second kappa shape index (κ2) is 5.40. The summed E-state index contributed by atoms with van der Waals surface area (Å²) in [4.78, 5) is 8.58. The lowest BCUT2D eigenvalue weighted by Crippen LogP contribution is -2.05. The van der Waals surface area contributed by atoms with Crippen molar-refractivity contribution in [1.82, 2.24) is 9.97 Å². The maximum absolute atomic E-state index is 13.4. The van der Waals surface area contributed by atoms with Gasteiger partial charge in [-0.2, -0.15) is 0 Å². The summed E-state index contributed by atoms with van der Waals surface area (Å²) in [5.41, 5.74) is 1.45. The Morgan fingerprint density at radius 3 is 2.47 bits per heavy atom. The van der Waals surface area contributed by atoms with Crippen LogP contribution in [0, 0.1) is 19.7 Å².